The molecule has 0 aromatic heterocycles. The van der Waals surface area contributed by atoms with E-state index in [9.17, 15) is 9.18 Å². The van der Waals surface area contributed by atoms with Crippen molar-refractivity contribution in [3.05, 3.63) is 35.6 Å². The Morgan fingerprint density at radius 2 is 2.11 bits per heavy atom. The van der Waals surface area contributed by atoms with Gasteiger partial charge in [-0.1, -0.05) is 12.1 Å². The van der Waals surface area contributed by atoms with Crippen LogP contribution in [0.2, 0.25) is 0 Å². The lowest BCUT2D eigenvalue weighted by atomic mass is 10.1. The number of piperazine rings is 1. The molecule has 5 heteroatoms. The Balaban J connectivity index is 0.00000180. The number of benzene rings is 1. The fourth-order valence-electron chi connectivity index (χ4n) is 2.26. The molecule has 1 aliphatic rings. The van der Waals surface area contributed by atoms with Crippen molar-refractivity contribution in [2.45, 2.75) is 25.8 Å². The van der Waals surface area contributed by atoms with E-state index in [1.807, 2.05) is 4.90 Å². The van der Waals surface area contributed by atoms with Crippen LogP contribution in [0.1, 0.15) is 18.9 Å². The van der Waals surface area contributed by atoms with Crippen LogP contribution >= 0.6 is 12.4 Å². The third-order valence-corrected chi connectivity index (χ3v) is 3.36. The van der Waals surface area contributed by atoms with Gasteiger partial charge in [0.15, 0.2) is 0 Å². The van der Waals surface area contributed by atoms with Crippen LogP contribution < -0.4 is 5.32 Å². The summed E-state index contributed by atoms with van der Waals surface area (Å²) in [6.45, 7) is 4.57. The van der Waals surface area contributed by atoms with Crippen LogP contribution in [0.25, 0.3) is 0 Å². The molecule has 3 nitrogen and oxygen atoms in total. The van der Waals surface area contributed by atoms with Gasteiger partial charge in [0.2, 0.25) is 5.91 Å². The van der Waals surface area contributed by atoms with Crippen LogP contribution in [0.5, 0.6) is 0 Å². The van der Waals surface area contributed by atoms with Gasteiger partial charge in [0, 0.05) is 32.1 Å². The third-order valence-electron chi connectivity index (χ3n) is 3.36. The maximum Gasteiger partial charge on any atom is 0.223 e. The number of nitrogens with one attached hydrogen (secondary N) is 1. The number of hydrogen-bond acceptors (Lipinski definition) is 2. The lowest BCUT2D eigenvalue weighted by Crippen LogP contribution is -2.52. The van der Waals surface area contributed by atoms with Crippen molar-refractivity contribution in [2.24, 2.45) is 0 Å². The maximum atomic E-state index is 12.7. The first-order chi connectivity index (χ1) is 8.66. The lowest BCUT2D eigenvalue weighted by Gasteiger charge is -2.34. The minimum atomic E-state index is -0.235. The minimum absolute atomic E-state index is 0. The van der Waals surface area contributed by atoms with Gasteiger partial charge in [0.05, 0.1) is 0 Å². The van der Waals surface area contributed by atoms with Crippen molar-refractivity contribution in [2.75, 3.05) is 19.6 Å². The molecule has 1 saturated heterocycles. The second kappa shape index (κ2) is 7.46. The SMILES string of the molecule is C[C@H]1CNCCN1C(=O)CCc1ccc(F)cc1.Cl. The highest BCUT2D eigenvalue weighted by Gasteiger charge is 2.22. The Bertz CT molecular complexity index is 410. The highest BCUT2D eigenvalue weighted by molar-refractivity contribution is 5.85. The first-order valence-corrected chi connectivity index (χ1v) is 6.41. The Labute approximate surface area is 119 Å². The molecule has 1 aromatic carbocycles. The Hall–Kier alpha value is -1.13. The summed E-state index contributed by atoms with van der Waals surface area (Å²) in [5.41, 5.74) is 1.01. The first kappa shape index (κ1) is 15.9. The number of nitrogens with zero attached hydrogens (tertiary/aromatic N) is 1. The van der Waals surface area contributed by atoms with Gasteiger partial charge < -0.3 is 10.2 Å². The van der Waals surface area contributed by atoms with Gasteiger partial charge in [-0.2, -0.15) is 0 Å². The summed E-state index contributed by atoms with van der Waals surface area (Å²) in [7, 11) is 0. The van der Waals surface area contributed by atoms with E-state index in [1.165, 1.54) is 12.1 Å². The molecule has 0 unspecified atom stereocenters. The molecule has 0 radical (unpaired) electrons. The molecule has 2 rings (SSSR count). The molecule has 1 atom stereocenters. The van der Waals surface area contributed by atoms with Crippen molar-refractivity contribution in [3.8, 4) is 0 Å². The summed E-state index contributed by atoms with van der Waals surface area (Å²) in [6.07, 6.45) is 1.17. The predicted octanol–water partition coefficient (Wildman–Crippen LogP) is 2.00. The summed E-state index contributed by atoms with van der Waals surface area (Å²) in [4.78, 5) is 14.0. The van der Waals surface area contributed by atoms with E-state index in [4.69, 9.17) is 0 Å². The molecule has 0 spiro atoms. The van der Waals surface area contributed by atoms with E-state index in [0.717, 1.165) is 25.2 Å². The maximum absolute atomic E-state index is 12.7. The van der Waals surface area contributed by atoms with Crippen LogP contribution in [0.15, 0.2) is 24.3 Å². The molecule has 0 bridgehead atoms. The topological polar surface area (TPSA) is 32.3 Å². The van der Waals surface area contributed by atoms with Gasteiger partial charge in [0.25, 0.3) is 0 Å². The Morgan fingerprint density at radius 1 is 1.42 bits per heavy atom. The van der Waals surface area contributed by atoms with Crippen LogP contribution in [0.4, 0.5) is 4.39 Å². The van der Waals surface area contributed by atoms with Crippen LogP contribution in [0.3, 0.4) is 0 Å². The zero-order chi connectivity index (χ0) is 13.0. The molecule has 19 heavy (non-hydrogen) atoms. The second-order valence-corrected chi connectivity index (χ2v) is 4.77. The number of amides is 1. The molecule has 1 heterocycles. The third kappa shape index (κ3) is 4.48. The van der Waals surface area contributed by atoms with Crippen LogP contribution in [0, 0.1) is 5.82 Å². The average Bonchev–Trinajstić information content (AvgIpc) is 2.38. The molecule has 0 saturated carbocycles. The highest BCUT2D eigenvalue weighted by Crippen LogP contribution is 2.09. The summed E-state index contributed by atoms with van der Waals surface area (Å²) in [5.74, 6) is -0.0471. The van der Waals surface area contributed by atoms with Gasteiger partial charge in [-0.25, -0.2) is 4.39 Å². The Kier molecular flexibility index (Phi) is 6.25. The van der Waals surface area contributed by atoms with Crippen molar-refractivity contribution in [1.82, 2.24) is 10.2 Å². The zero-order valence-corrected chi connectivity index (χ0v) is 11.9. The van der Waals surface area contributed by atoms with Gasteiger partial charge in [-0.3, -0.25) is 4.79 Å². The molecule has 1 aliphatic heterocycles. The predicted molar refractivity (Wildman–Crippen MR) is 76.0 cm³/mol. The van der Waals surface area contributed by atoms with E-state index in [2.05, 4.69) is 12.2 Å². The van der Waals surface area contributed by atoms with Crippen LogP contribution in [-0.2, 0) is 11.2 Å². The number of carbonyl (C=O) groups is 1. The molecule has 106 valence electrons. The lowest BCUT2D eigenvalue weighted by molar-refractivity contribution is -0.133. The molecular formula is C14H20ClFN2O. The molecule has 1 N–H and O–H groups in total. The van der Waals surface area contributed by atoms with Crippen LogP contribution in [-0.4, -0.2) is 36.5 Å². The number of hydrogen-bond donors (Lipinski definition) is 1. The largest absolute Gasteiger partial charge is 0.337 e. The number of aryl methyl sites for hydroxylation is 1. The summed E-state index contributed by atoms with van der Waals surface area (Å²) >= 11 is 0. The van der Waals surface area contributed by atoms with E-state index in [0.29, 0.717) is 12.8 Å². The fourth-order valence-corrected chi connectivity index (χ4v) is 2.26. The van der Waals surface area contributed by atoms with Gasteiger partial charge in [-0.05, 0) is 31.0 Å². The quantitative estimate of drug-likeness (QED) is 0.922. The second-order valence-electron chi connectivity index (χ2n) is 4.77. The number of rotatable bonds is 3. The average molecular weight is 287 g/mol. The minimum Gasteiger partial charge on any atom is -0.337 e. The number of carbonyl (C=O) groups excluding carboxylic acids is 1. The van der Waals surface area contributed by atoms with Gasteiger partial charge in [0.1, 0.15) is 5.82 Å². The fraction of sp³-hybridized carbons (Fsp3) is 0.500. The normalized spacial score (nSPS) is 18.8. The van der Waals surface area contributed by atoms with E-state index in [-0.39, 0.29) is 30.2 Å². The molecular weight excluding hydrogens is 267 g/mol. The van der Waals surface area contributed by atoms with E-state index < -0.39 is 0 Å². The summed E-state index contributed by atoms with van der Waals surface area (Å²) in [5, 5.41) is 3.26. The van der Waals surface area contributed by atoms with Gasteiger partial charge in [-0.15, -0.1) is 12.4 Å². The monoisotopic (exact) mass is 286 g/mol. The molecule has 1 amide bonds. The smallest absolute Gasteiger partial charge is 0.223 e. The zero-order valence-electron chi connectivity index (χ0n) is 11.1. The van der Waals surface area contributed by atoms with Crippen molar-refractivity contribution in [1.29, 1.82) is 0 Å². The summed E-state index contributed by atoms with van der Waals surface area (Å²) in [6, 6.07) is 6.62. The standard InChI is InChI=1S/C14H19FN2O.ClH/c1-11-10-16-8-9-17(11)14(18)7-4-12-2-5-13(15)6-3-12;/h2-3,5-6,11,16H,4,7-10H2,1H3;1H/t11-;/m0./s1. The Morgan fingerprint density at radius 3 is 2.74 bits per heavy atom. The molecule has 1 aromatic rings. The highest BCUT2D eigenvalue weighted by atomic mass is 35.5. The van der Waals surface area contributed by atoms with Gasteiger partial charge >= 0.3 is 0 Å². The molecule has 0 aliphatic carbocycles. The first-order valence-electron chi connectivity index (χ1n) is 6.41. The van der Waals surface area contributed by atoms with E-state index >= 15 is 0 Å². The summed E-state index contributed by atoms with van der Waals surface area (Å²) < 4.78 is 12.7. The molecule has 1 fully saturated rings. The number of halogens is 2. The van der Waals surface area contributed by atoms with Crippen molar-refractivity contribution in [3.63, 3.8) is 0 Å². The van der Waals surface area contributed by atoms with Crippen molar-refractivity contribution >= 4 is 18.3 Å². The van der Waals surface area contributed by atoms with E-state index in [1.54, 1.807) is 12.1 Å². The van der Waals surface area contributed by atoms with Crippen molar-refractivity contribution < 1.29 is 9.18 Å².